The van der Waals surface area contributed by atoms with Gasteiger partial charge in [0, 0.05) is 56.3 Å². The Labute approximate surface area is 171 Å². The van der Waals surface area contributed by atoms with Gasteiger partial charge in [-0.1, -0.05) is 6.07 Å². The molecule has 0 radical (unpaired) electrons. The van der Waals surface area contributed by atoms with Crippen LogP contribution in [0.15, 0.2) is 23.3 Å². The van der Waals surface area contributed by atoms with E-state index in [4.69, 9.17) is 0 Å². The summed E-state index contributed by atoms with van der Waals surface area (Å²) in [6.45, 7) is 9.22. The first-order chi connectivity index (χ1) is 13.8. The molecular formula is C21H30N6O2. The smallest absolute Gasteiger partial charge is 0.255 e. The molecule has 0 aliphatic carbocycles. The molecule has 8 heteroatoms. The highest BCUT2D eigenvalue weighted by molar-refractivity contribution is 5.73. The Bertz CT molecular complexity index is 962. The molecule has 156 valence electrons. The maximum absolute atomic E-state index is 13.2. The number of carbonyl (C=O) groups excluding carboxylic acids is 1. The quantitative estimate of drug-likeness (QED) is 0.765. The van der Waals surface area contributed by atoms with E-state index >= 15 is 0 Å². The number of amides is 1. The van der Waals surface area contributed by atoms with E-state index in [-0.39, 0.29) is 17.4 Å². The lowest BCUT2D eigenvalue weighted by atomic mass is 9.83. The third kappa shape index (κ3) is 3.85. The van der Waals surface area contributed by atoms with E-state index in [1.807, 2.05) is 22.6 Å². The van der Waals surface area contributed by atoms with Crippen LogP contribution in [-0.4, -0.2) is 55.2 Å². The molecule has 0 saturated carbocycles. The van der Waals surface area contributed by atoms with Gasteiger partial charge in [-0.2, -0.15) is 0 Å². The first-order valence-corrected chi connectivity index (χ1v) is 10.4. The van der Waals surface area contributed by atoms with Crippen molar-refractivity contribution in [2.45, 2.75) is 58.8 Å². The molecule has 0 aromatic carbocycles. The predicted molar refractivity (Wildman–Crippen MR) is 109 cm³/mol. The monoisotopic (exact) mass is 398 g/mol. The Morgan fingerprint density at radius 3 is 2.76 bits per heavy atom. The summed E-state index contributed by atoms with van der Waals surface area (Å²) in [6.07, 6.45) is 2.82. The van der Waals surface area contributed by atoms with Gasteiger partial charge in [0.25, 0.3) is 5.56 Å². The number of piperidine rings is 1. The van der Waals surface area contributed by atoms with Crippen molar-refractivity contribution in [3.63, 3.8) is 0 Å². The minimum Gasteiger partial charge on any atom is -0.342 e. The molecule has 2 aromatic rings. The first kappa shape index (κ1) is 19.8. The molecular weight excluding hydrogens is 368 g/mol. The van der Waals surface area contributed by atoms with Crippen molar-refractivity contribution in [2.75, 3.05) is 20.1 Å². The Balaban J connectivity index is 1.52. The van der Waals surface area contributed by atoms with Crippen LogP contribution in [0.4, 0.5) is 0 Å². The SMILES string of the molecule is CC(=O)N1C[C@@H]2C[C@H](C1)c1ccc(CN(C)Cc3nncn3C(C)C)c(=O)n1C2. The lowest BCUT2D eigenvalue weighted by Crippen LogP contribution is -2.49. The van der Waals surface area contributed by atoms with Gasteiger partial charge in [-0.3, -0.25) is 14.5 Å². The van der Waals surface area contributed by atoms with Crippen LogP contribution in [0, 0.1) is 5.92 Å². The second-order valence-electron chi connectivity index (χ2n) is 8.84. The number of fused-ring (bicyclic) bond motifs is 4. The standard InChI is InChI=1S/C21H30N6O2/c1-14(2)27-13-22-23-20(27)12-24(4)10-17-5-6-19-18-7-16(9-26(19)21(17)29)8-25(11-18)15(3)28/h5-6,13-14,16,18H,7-12H2,1-4H3/t16-,18+/m0/s1. The molecule has 8 nitrogen and oxygen atoms in total. The molecule has 1 saturated heterocycles. The van der Waals surface area contributed by atoms with E-state index < -0.39 is 0 Å². The van der Waals surface area contributed by atoms with Crippen molar-refractivity contribution in [1.82, 2.24) is 29.1 Å². The fraction of sp³-hybridized carbons (Fsp3) is 0.619. The van der Waals surface area contributed by atoms with Gasteiger partial charge < -0.3 is 14.0 Å². The summed E-state index contributed by atoms with van der Waals surface area (Å²) in [7, 11) is 2.00. The molecule has 2 bridgehead atoms. The summed E-state index contributed by atoms with van der Waals surface area (Å²) in [5.74, 6) is 1.65. The highest BCUT2D eigenvalue weighted by Crippen LogP contribution is 2.35. The molecule has 0 spiro atoms. The summed E-state index contributed by atoms with van der Waals surface area (Å²) in [6, 6.07) is 4.35. The minimum atomic E-state index is 0.102. The number of hydrogen-bond acceptors (Lipinski definition) is 5. The van der Waals surface area contributed by atoms with Crippen molar-refractivity contribution >= 4 is 5.91 Å². The highest BCUT2D eigenvalue weighted by Gasteiger charge is 2.35. The summed E-state index contributed by atoms with van der Waals surface area (Å²) in [4.78, 5) is 29.1. The molecule has 4 rings (SSSR count). The summed E-state index contributed by atoms with van der Waals surface area (Å²) >= 11 is 0. The van der Waals surface area contributed by atoms with Gasteiger partial charge in [0.15, 0.2) is 0 Å². The number of hydrogen-bond donors (Lipinski definition) is 0. The molecule has 1 amide bonds. The third-order valence-corrected chi connectivity index (χ3v) is 6.18. The molecule has 2 aliphatic heterocycles. The molecule has 1 fully saturated rings. The second-order valence-corrected chi connectivity index (χ2v) is 8.84. The number of pyridine rings is 1. The largest absolute Gasteiger partial charge is 0.342 e. The third-order valence-electron chi connectivity index (χ3n) is 6.18. The number of aromatic nitrogens is 4. The van der Waals surface area contributed by atoms with Crippen molar-refractivity contribution in [3.05, 3.63) is 45.9 Å². The maximum Gasteiger partial charge on any atom is 0.255 e. The zero-order chi connectivity index (χ0) is 20.7. The molecule has 4 heterocycles. The molecule has 2 atom stereocenters. The second kappa shape index (κ2) is 7.74. The first-order valence-electron chi connectivity index (χ1n) is 10.4. The van der Waals surface area contributed by atoms with Crippen molar-refractivity contribution in [2.24, 2.45) is 5.92 Å². The minimum absolute atomic E-state index is 0.102. The zero-order valence-corrected chi connectivity index (χ0v) is 17.7. The summed E-state index contributed by atoms with van der Waals surface area (Å²) in [5, 5.41) is 8.25. The zero-order valence-electron chi connectivity index (χ0n) is 17.7. The maximum atomic E-state index is 13.2. The Morgan fingerprint density at radius 1 is 1.24 bits per heavy atom. The Hall–Kier alpha value is -2.48. The van der Waals surface area contributed by atoms with Gasteiger partial charge in [-0.05, 0) is 39.3 Å². The van der Waals surface area contributed by atoms with E-state index in [2.05, 4.69) is 39.6 Å². The van der Waals surface area contributed by atoms with Crippen LogP contribution in [0.3, 0.4) is 0 Å². The van der Waals surface area contributed by atoms with Crippen LogP contribution < -0.4 is 5.56 Å². The number of carbonyl (C=O) groups is 1. The highest BCUT2D eigenvalue weighted by atomic mass is 16.2. The topological polar surface area (TPSA) is 76.3 Å². The average molecular weight is 399 g/mol. The number of rotatable bonds is 5. The fourth-order valence-electron chi connectivity index (χ4n) is 4.77. The van der Waals surface area contributed by atoms with Crippen molar-refractivity contribution < 1.29 is 4.79 Å². The molecule has 2 aromatic heterocycles. The van der Waals surface area contributed by atoms with E-state index in [1.54, 1.807) is 13.3 Å². The average Bonchev–Trinajstić information content (AvgIpc) is 3.12. The van der Waals surface area contributed by atoms with E-state index in [9.17, 15) is 9.59 Å². The van der Waals surface area contributed by atoms with Crippen molar-refractivity contribution in [3.8, 4) is 0 Å². The number of likely N-dealkylation sites (tertiary alicyclic amines) is 1. The predicted octanol–water partition coefficient (Wildman–Crippen LogP) is 1.62. The molecule has 2 aliphatic rings. The van der Waals surface area contributed by atoms with Crippen molar-refractivity contribution in [1.29, 1.82) is 0 Å². The van der Waals surface area contributed by atoms with Gasteiger partial charge in [0.05, 0.1) is 6.54 Å². The summed E-state index contributed by atoms with van der Waals surface area (Å²) in [5.41, 5.74) is 1.98. The van der Waals surface area contributed by atoms with Crippen LogP contribution in [-0.2, 0) is 24.4 Å². The van der Waals surface area contributed by atoms with Gasteiger partial charge in [0.1, 0.15) is 12.2 Å². The van der Waals surface area contributed by atoms with E-state index in [0.29, 0.717) is 31.6 Å². The van der Waals surface area contributed by atoms with Gasteiger partial charge >= 0.3 is 0 Å². The van der Waals surface area contributed by atoms with Crippen LogP contribution in [0.2, 0.25) is 0 Å². The summed E-state index contributed by atoms with van der Waals surface area (Å²) < 4.78 is 4.01. The van der Waals surface area contributed by atoms with Crippen LogP contribution >= 0.6 is 0 Å². The lowest BCUT2D eigenvalue weighted by molar-refractivity contribution is -0.131. The van der Waals surface area contributed by atoms with Crippen LogP contribution in [0.1, 0.15) is 56.2 Å². The van der Waals surface area contributed by atoms with Crippen LogP contribution in [0.5, 0.6) is 0 Å². The van der Waals surface area contributed by atoms with Gasteiger partial charge in [0.2, 0.25) is 5.91 Å². The van der Waals surface area contributed by atoms with E-state index in [0.717, 1.165) is 36.6 Å². The van der Waals surface area contributed by atoms with Crippen LogP contribution in [0.25, 0.3) is 0 Å². The molecule has 29 heavy (non-hydrogen) atoms. The van der Waals surface area contributed by atoms with Gasteiger partial charge in [-0.15, -0.1) is 10.2 Å². The Kier molecular flexibility index (Phi) is 5.29. The normalized spacial score (nSPS) is 21.0. The Morgan fingerprint density at radius 2 is 2.03 bits per heavy atom. The fourth-order valence-corrected chi connectivity index (χ4v) is 4.77. The van der Waals surface area contributed by atoms with Gasteiger partial charge in [-0.25, -0.2) is 0 Å². The number of nitrogens with zero attached hydrogens (tertiary/aromatic N) is 6. The van der Waals surface area contributed by atoms with E-state index in [1.165, 1.54) is 0 Å². The molecule has 0 N–H and O–H groups in total. The molecule has 0 unspecified atom stereocenters. The lowest BCUT2D eigenvalue weighted by Gasteiger charge is -2.42.